The largest absolute Gasteiger partial charge is 0.466 e. The highest BCUT2D eigenvalue weighted by Crippen LogP contribution is 2.38. The van der Waals surface area contributed by atoms with Crippen LogP contribution in [0.4, 0.5) is 14.5 Å². The number of aryl methyl sites for hydroxylation is 3. The van der Waals surface area contributed by atoms with Gasteiger partial charge in [0.1, 0.15) is 11.6 Å². The predicted molar refractivity (Wildman–Crippen MR) is 144 cm³/mol. The Morgan fingerprint density at radius 1 is 1.08 bits per heavy atom. The fourth-order valence-corrected chi connectivity index (χ4v) is 5.36. The number of rotatable bonds is 8. The summed E-state index contributed by atoms with van der Waals surface area (Å²) in [6, 6.07) is 4.34. The summed E-state index contributed by atoms with van der Waals surface area (Å²) in [6.07, 6.45) is -0.361. The van der Waals surface area contributed by atoms with Crippen LogP contribution in [-0.4, -0.2) is 47.8 Å². The number of carbonyl (C=O) groups is 1. The number of morpholine rings is 1. The van der Waals surface area contributed by atoms with Crippen molar-refractivity contribution in [3.63, 3.8) is 0 Å². The van der Waals surface area contributed by atoms with E-state index in [9.17, 15) is 9.00 Å². The minimum absolute atomic E-state index is 0.131. The highest BCUT2D eigenvalue weighted by molar-refractivity contribution is 7.84. The zero-order valence-corrected chi connectivity index (χ0v) is 23.6. The third-order valence-corrected chi connectivity index (χ3v) is 8.02. The molecule has 6 nitrogen and oxygen atoms in total. The van der Waals surface area contributed by atoms with Crippen molar-refractivity contribution < 1.29 is 27.3 Å². The highest BCUT2D eigenvalue weighted by Gasteiger charge is 2.32. The Morgan fingerprint density at radius 2 is 1.68 bits per heavy atom. The number of anilines is 1. The number of nitrogens with zero attached hydrogens (tertiary/aromatic N) is 1. The van der Waals surface area contributed by atoms with Gasteiger partial charge in [-0.05, 0) is 88.9 Å². The Morgan fingerprint density at radius 3 is 2.22 bits per heavy atom. The van der Waals surface area contributed by atoms with E-state index >= 15 is 8.78 Å². The lowest BCUT2D eigenvalue weighted by atomic mass is 9.89. The maximum Gasteiger partial charge on any atom is 0.307 e. The topological polar surface area (TPSA) is 67.9 Å². The fourth-order valence-electron chi connectivity index (χ4n) is 4.55. The van der Waals surface area contributed by atoms with Gasteiger partial charge in [-0.2, -0.15) is 0 Å². The first-order valence-corrected chi connectivity index (χ1v) is 13.8. The second-order valence-electron chi connectivity index (χ2n) is 10.4. The molecule has 2 aromatic rings. The second kappa shape index (κ2) is 12.0. The standard InChI is InChI=1S/C28H38F2N2O4S/c1-8-36-23(33)16-22(31-37(34)28(5,6)7)25-26(29)19(4)15-21(27(25)30)24-17(2)13-20(14-18(24)3)32-9-11-35-12-10-32/h13-15,22,31H,8-12,16H2,1-7H3/t22-,37+/m0/s1. The average molecular weight is 537 g/mol. The number of carbonyl (C=O) groups excluding carboxylic acids is 1. The van der Waals surface area contributed by atoms with E-state index in [0.717, 1.165) is 29.9 Å². The van der Waals surface area contributed by atoms with Gasteiger partial charge in [0.05, 0.1) is 48.0 Å². The molecule has 0 unspecified atom stereocenters. The van der Waals surface area contributed by atoms with Crippen LogP contribution in [0.15, 0.2) is 18.2 Å². The molecule has 204 valence electrons. The Balaban J connectivity index is 2.13. The van der Waals surface area contributed by atoms with Crippen LogP contribution < -0.4 is 9.62 Å². The Kier molecular flexibility index (Phi) is 9.47. The number of halogens is 2. The van der Waals surface area contributed by atoms with E-state index in [1.165, 1.54) is 6.07 Å². The van der Waals surface area contributed by atoms with Gasteiger partial charge in [-0.25, -0.2) is 17.7 Å². The summed E-state index contributed by atoms with van der Waals surface area (Å²) in [7, 11) is -1.68. The molecule has 37 heavy (non-hydrogen) atoms. The highest BCUT2D eigenvalue weighted by atomic mass is 32.2. The van der Waals surface area contributed by atoms with Crippen LogP contribution >= 0.6 is 0 Å². The molecule has 3 rings (SSSR count). The third-order valence-electron chi connectivity index (χ3n) is 6.41. The molecule has 0 bridgehead atoms. The molecule has 1 heterocycles. The molecule has 1 N–H and O–H groups in total. The number of benzene rings is 2. The summed E-state index contributed by atoms with van der Waals surface area (Å²) >= 11 is 0. The Hall–Kier alpha value is -2.36. The number of nitrogens with one attached hydrogen (secondary N) is 1. The van der Waals surface area contributed by atoms with Crippen molar-refractivity contribution >= 4 is 22.6 Å². The number of esters is 1. The van der Waals surface area contributed by atoms with Crippen molar-refractivity contribution in [2.75, 3.05) is 37.8 Å². The summed E-state index contributed by atoms with van der Waals surface area (Å²) < 4.78 is 57.4. The van der Waals surface area contributed by atoms with Gasteiger partial charge in [-0.1, -0.05) is 0 Å². The molecule has 1 aliphatic rings. The van der Waals surface area contributed by atoms with Gasteiger partial charge in [0.25, 0.3) is 0 Å². The van der Waals surface area contributed by atoms with Gasteiger partial charge in [0.2, 0.25) is 0 Å². The van der Waals surface area contributed by atoms with Gasteiger partial charge in [0.15, 0.2) is 0 Å². The van der Waals surface area contributed by atoms with Crippen LogP contribution in [0.2, 0.25) is 0 Å². The second-order valence-corrected chi connectivity index (χ2v) is 12.4. The first-order valence-electron chi connectivity index (χ1n) is 12.6. The van der Waals surface area contributed by atoms with Crippen LogP contribution in [0.5, 0.6) is 0 Å². The van der Waals surface area contributed by atoms with Crippen molar-refractivity contribution in [1.82, 2.24) is 4.72 Å². The maximum atomic E-state index is 16.3. The zero-order valence-electron chi connectivity index (χ0n) is 22.8. The molecule has 1 aliphatic heterocycles. The van der Waals surface area contributed by atoms with Crippen LogP contribution in [-0.2, 0) is 25.3 Å². The van der Waals surface area contributed by atoms with E-state index in [1.807, 2.05) is 26.0 Å². The van der Waals surface area contributed by atoms with E-state index in [4.69, 9.17) is 9.47 Å². The SMILES string of the molecule is CCOC(=O)C[C@H](N[S@](=O)C(C)(C)C)c1c(F)c(C)cc(-c2c(C)cc(N3CCOCC3)cc2C)c1F. The maximum absolute atomic E-state index is 16.3. The molecule has 0 radical (unpaired) electrons. The molecule has 1 fully saturated rings. The van der Waals surface area contributed by atoms with Crippen molar-refractivity contribution in [2.45, 2.75) is 65.7 Å². The van der Waals surface area contributed by atoms with Gasteiger partial charge >= 0.3 is 5.97 Å². The van der Waals surface area contributed by atoms with Gasteiger partial charge in [-0.3, -0.25) is 4.79 Å². The van der Waals surface area contributed by atoms with Crippen molar-refractivity contribution in [3.8, 4) is 11.1 Å². The lowest BCUT2D eigenvalue weighted by Gasteiger charge is -2.30. The molecule has 0 saturated carbocycles. The first-order chi connectivity index (χ1) is 17.3. The molecule has 2 atom stereocenters. The number of hydrogen-bond acceptors (Lipinski definition) is 5. The van der Waals surface area contributed by atoms with E-state index in [1.54, 1.807) is 34.6 Å². The molecule has 0 spiro atoms. The monoisotopic (exact) mass is 536 g/mol. The molecule has 0 aliphatic carbocycles. The van der Waals surface area contributed by atoms with Crippen molar-refractivity contribution in [2.24, 2.45) is 0 Å². The summed E-state index contributed by atoms with van der Waals surface area (Å²) in [4.78, 5) is 14.6. The van der Waals surface area contributed by atoms with Crippen LogP contribution in [0, 0.1) is 32.4 Å². The van der Waals surface area contributed by atoms with Crippen LogP contribution in [0.3, 0.4) is 0 Å². The molecule has 2 aromatic carbocycles. The van der Waals surface area contributed by atoms with Crippen molar-refractivity contribution in [3.05, 3.63) is 52.1 Å². The smallest absolute Gasteiger partial charge is 0.307 e. The lowest BCUT2D eigenvalue weighted by Crippen LogP contribution is -2.37. The Bertz CT molecular complexity index is 1150. The zero-order chi connectivity index (χ0) is 27.5. The minimum atomic E-state index is -1.68. The van der Waals surface area contributed by atoms with E-state index < -0.39 is 39.4 Å². The van der Waals surface area contributed by atoms with Gasteiger partial charge < -0.3 is 14.4 Å². The number of ether oxygens (including phenoxy) is 2. The van der Waals surface area contributed by atoms with Gasteiger partial charge in [-0.15, -0.1) is 0 Å². The molecule has 0 amide bonds. The van der Waals surface area contributed by atoms with Crippen molar-refractivity contribution in [1.29, 1.82) is 0 Å². The normalized spacial score (nSPS) is 16.0. The molecular weight excluding hydrogens is 498 g/mol. The average Bonchev–Trinajstić information content (AvgIpc) is 2.82. The fraction of sp³-hybridized carbons (Fsp3) is 0.536. The van der Waals surface area contributed by atoms with Gasteiger partial charge in [0, 0.05) is 29.9 Å². The van der Waals surface area contributed by atoms with E-state index in [2.05, 4.69) is 9.62 Å². The molecular formula is C28H38F2N2O4S. The summed E-state index contributed by atoms with van der Waals surface area (Å²) in [5.41, 5.74) is 3.58. The number of hydrogen-bond donors (Lipinski definition) is 1. The third kappa shape index (κ3) is 6.75. The van der Waals surface area contributed by atoms with Crippen LogP contribution in [0.25, 0.3) is 11.1 Å². The first kappa shape index (κ1) is 29.2. The van der Waals surface area contributed by atoms with Crippen LogP contribution in [0.1, 0.15) is 62.4 Å². The summed E-state index contributed by atoms with van der Waals surface area (Å²) in [5.74, 6) is -2.18. The predicted octanol–water partition coefficient (Wildman–Crippen LogP) is 5.44. The summed E-state index contributed by atoms with van der Waals surface area (Å²) in [5, 5.41) is 0. The molecule has 1 saturated heterocycles. The quantitative estimate of drug-likeness (QED) is 0.455. The minimum Gasteiger partial charge on any atom is -0.466 e. The van der Waals surface area contributed by atoms with E-state index in [0.29, 0.717) is 18.8 Å². The lowest BCUT2D eigenvalue weighted by molar-refractivity contribution is -0.143. The Labute approximate surface area is 221 Å². The van der Waals surface area contributed by atoms with E-state index in [-0.39, 0.29) is 29.7 Å². The summed E-state index contributed by atoms with van der Waals surface area (Å²) in [6.45, 7) is 15.3. The molecule has 9 heteroatoms. The molecule has 0 aromatic heterocycles.